The second-order valence-corrected chi connectivity index (χ2v) is 8.52. The molecule has 1 saturated heterocycles. The molecule has 6 nitrogen and oxygen atoms in total. The van der Waals surface area contributed by atoms with Crippen molar-refractivity contribution in [2.75, 3.05) is 13.1 Å². The number of benzene rings is 1. The first kappa shape index (κ1) is 21.0. The van der Waals surface area contributed by atoms with Gasteiger partial charge in [0.25, 0.3) is 0 Å². The van der Waals surface area contributed by atoms with Crippen LogP contribution in [0.15, 0.2) is 53.1 Å². The van der Waals surface area contributed by atoms with E-state index in [1.807, 2.05) is 68.1 Å². The molecule has 0 N–H and O–H groups in total. The molecular formula is C23H30N2O4. The second-order valence-electron chi connectivity index (χ2n) is 8.52. The summed E-state index contributed by atoms with van der Waals surface area (Å²) in [5.41, 5.74) is 0.513. The number of furan rings is 1. The van der Waals surface area contributed by atoms with Crippen LogP contribution in [-0.4, -0.2) is 40.5 Å². The number of hydrogen-bond acceptors (Lipinski definition) is 4. The van der Waals surface area contributed by atoms with Gasteiger partial charge in [0.15, 0.2) is 0 Å². The smallest absolute Gasteiger partial charge is 0.410 e. The highest BCUT2D eigenvalue weighted by Gasteiger charge is 2.33. The highest BCUT2D eigenvalue weighted by molar-refractivity contribution is 5.80. The third kappa shape index (κ3) is 6.11. The van der Waals surface area contributed by atoms with Gasteiger partial charge in [-0.2, -0.15) is 0 Å². The van der Waals surface area contributed by atoms with Crippen molar-refractivity contribution in [3.8, 4) is 0 Å². The zero-order valence-corrected chi connectivity index (χ0v) is 17.5. The number of ether oxygens (including phenoxy) is 1. The van der Waals surface area contributed by atoms with Gasteiger partial charge in [0.2, 0.25) is 5.91 Å². The van der Waals surface area contributed by atoms with Gasteiger partial charge < -0.3 is 19.0 Å². The summed E-state index contributed by atoms with van der Waals surface area (Å²) in [6, 6.07) is 13.6. The van der Waals surface area contributed by atoms with E-state index in [-0.39, 0.29) is 17.9 Å². The fourth-order valence-corrected chi connectivity index (χ4v) is 3.54. The van der Waals surface area contributed by atoms with Gasteiger partial charge in [-0.1, -0.05) is 30.3 Å². The molecule has 2 heterocycles. The Labute approximate surface area is 172 Å². The molecule has 0 radical (unpaired) electrons. The molecule has 1 aromatic heterocycles. The van der Waals surface area contributed by atoms with Crippen LogP contribution in [0.5, 0.6) is 0 Å². The van der Waals surface area contributed by atoms with Crippen molar-refractivity contribution in [1.82, 2.24) is 9.80 Å². The van der Waals surface area contributed by atoms with E-state index in [0.29, 0.717) is 26.2 Å². The normalized spacial score (nSPS) is 17.1. The Bertz CT molecular complexity index is 796. The van der Waals surface area contributed by atoms with Gasteiger partial charge in [-0.15, -0.1) is 0 Å². The maximum absolute atomic E-state index is 13.4. The Morgan fingerprint density at radius 1 is 1.14 bits per heavy atom. The maximum atomic E-state index is 13.4. The molecule has 0 aliphatic carbocycles. The Morgan fingerprint density at radius 2 is 1.90 bits per heavy atom. The summed E-state index contributed by atoms with van der Waals surface area (Å²) in [7, 11) is 0. The van der Waals surface area contributed by atoms with Gasteiger partial charge in [-0.25, -0.2) is 4.79 Å². The second kappa shape index (κ2) is 9.16. The number of hydrogen-bond donors (Lipinski definition) is 0. The van der Waals surface area contributed by atoms with Crippen LogP contribution in [-0.2, 0) is 22.6 Å². The van der Waals surface area contributed by atoms with Crippen LogP contribution in [0.4, 0.5) is 4.79 Å². The van der Waals surface area contributed by atoms with Gasteiger partial charge in [0.05, 0.1) is 18.7 Å². The minimum absolute atomic E-state index is 0.0403. The molecule has 1 atom stereocenters. The predicted molar refractivity (Wildman–Crippen MR) is 110 cm³/mol. The van der Waals surface area contributed by atoms with Gasteiger partial charge in [0.1, 0.15) is 11.4 Å². The molecule has 0 spiro atoms. The van der Waals surface area contributed by atoms with Crippen molar-refractivity contribution in [2.45, 2.75) is 52.3 Å². The summed E-state index contributed by atoms with van der Waals surface area (Å²) in [6.45, 7) is 7.47. The van der Waals surface area contributed by atoms with Gasteiger partial charge >= 0.3 is 6.09 Å². The number of rotatable bonds is 5. The largest absolute Gasteiger partial charge is 0.467 e. The first-order chi connectivity index (χ1) is 13.8. The topological polar surface area (TPSA) is 63.0 Å². The van der Waals surface area contributed by atoms with E-state index in [4.69, 9.17) is 9.15 Å². The molecule has 29 heavy (non-hydrogen) atoms. The molecule has 1 unspecified atom stereocenters. The average molecular weight is 399 g/mol. The molecule has 0 bridgehead atoms. The lowest BCUT2D eigenvalue weighted by Crippen LogP contribution is -2.47. The lowest BCUT2D eigenvalue weighted by Gasteiger charge is -2.35. The van der Waals surface area contributed by atoms with Crippen LogP contribution in [0.25, 0.3) is 0 Å². The molecule has 3 rings (SSSR count). The lowest BCUT2D eigenvalue weighted by molar-refractivity contribution is -0.138. The molecule has 6 heteroatoms. The van der Waals surface area contributed by atoms with Gasteiger partial charge in [-0.3, -0.25) is 4.79 Å². The van der Waals surface area contributed by atoms with E-state index in [1.54, 1.807) is 11.2 Å². The fraction of sp³-hybridized carbons (Fsp3) is 0.478. The summed E-state index contributed by atoms with van der Waals surface area (Å²) in [6.07, 6.45) is 2.82. The number of carbonyl (C=O) groups excluding carboxylic acids is 2. The van der Waals surface area contributed by atoms with E-state index in [9.17, 15) is 9.59 Å². The lowest BCUT2D eigenvalue weighted by atomic mass is 9.96. The van der Waals surface area contributed by atoms with Crippen LogP contribution < -0.4 is 0 Å². The molecule has 2 amide bonds. The van der Waals surface area contributed by atoms with Crippen molar-refractivity contribution in [3.05, 3.63) is 60.1 Å². The quantitative estimate of drug-likeness (QED) is 0.746. The van der Waals surface area contributed by atoms with Crippen LogP contribution in [0, 0.1) is 5.92 Å². The molecule has 1 aliphatic rings. The highest BCUT2D eigenvalue weighted by Crippen LogP contribution is 2.23. The predicted octanol–water partition coefficient (Wildman–Crippen LogP) is 4.46. The summed E-state index contributed by atoms with van der Waals surface area (Å²) >= 11 is 0. The average Bonchev–Trinajstić information content (AvgIpc) is 3.20. The molecule has 1 aromatic carbocycles. The summed E-state index contributed by atoms with van der Waals surface area (Å²) in [5.74, 6) is 0.544. The zero-order valence-electron chi connectivity index (χ0n) is 17.5. The minimum atomic E-state index is -0.549. The standard InChI is InChI=1S/C23H30N2O4/c1-23(2,3)29-22(27)24-13-7-11-19(16-24)21(26)25(17-20-12-8-14-28-20)15-18-9-5-4-6-10-18/h4-6,8-10,12,14,19H,7,11,13,15-17H2,1-3H3. The Balaban J connectivity index is 1.71. The van der Waals surface area contributed by atoms with Crippen molar-refractivity contribution < 1.29 is 18.7 Å². The van der Waals surface area contributed by atoms with Crippen LogP contribution in [0.2, 0.25) is 0 Å². The summed E-state index contributed by atoms with van der Waals surface area (Å²) < 4.78 is 11.0. The third-order valence-corrected chi connectivity index (χ3v) is 4.88. The van der Waals surface area contributed by atoms with Crippen molar-refractivity contribution >= 4 is 12.0 Å². The summed E-state index contributed by atoms with van der Waals surface area (Å²) in [4.78, 5) is 29.3. The number of likely N-dealkylation sites (tertiary alicyclic amines) is 1. The van der Waals surface area contributed by atoms with E-state index in [0.717, 1.165) is 24.2 Å². The van der Waals surface area contributed by atoms with Crippen molar-refractivity contribution in [3.63, 3.8) is 0 Å². The molecule has 1 fully saturated rings. The Morgan fingerprint density at radius 3 is 2.55 bits per heavy atom. The molecular weight excluding hydrogens is 368 g/mol. The SMILES string of the molecule is CC(C)(C)OC(=O)N1CCCC(C(=O)N(Cc2ccccc2)Cc2ccco2)C1. The maximum Gasteiger partial charge on any atom is 0.410 e. The summed E-state index contributed by atoms with van der Waals surface area (Å²) in [5, 5.41) is 0. The van der Waals surface area contributed by atoms with Crippen LogP contribution in [0.3, 0.4) is 0 Å². The van der Waals surface area contributed by atoms with E-state index in [2.05, 4.69) is 0 Å². The van der Waals surface area contributed by atoms with E-state index >= 15 is 0 Å². The zero-order chi connectivity index (χ0) is 20.9. The van der Waals surface area contributed by atoms with Gasteiger partial charge in [-0.05, 0) is 51.3 Å². The monoisotopic (exact) mass is 398 g/mol. The highest BCUT2D eigenvalue weighted by atomic mass is 16.6. The molecule has 0 saturated carbocycles. The van der Waals surface area contributed by atoms with E-state index < -0.39 is 5.60 Å². The number of nitrogens with zero attached hydrogens (tertiary/aromatic N) is 2. The number of piperidine rings is 1. The first-order valence-corrected chi connectivity index (χ1v) is 10.1. The molecule has 2 aromatic rings. The third-order valence-electron chi connectivity index (χ3n) is 4.88. The Hall–Kier alpha value is -2.76. The fourth-order valence-electron chi connectivity index (χ4n) is 3.54. The van der Waals surface area contributed by atoms with Crippen LogP contribution in [0.1, 0.15) is 44.9 Å². The number of amides is 2. The first-order valence-electron chi connectivity index (χ1n) is 10.1. The van der Waals surface area contributed by atoms with Gasteiger partial charge in [0, 0.05) is 19.6 Å². The van der Waals surface area contributed by atoms with Crippen LogP contribution >= 0.6 is 0 Å². The Kier molecular flexibility index (Phi) is 6.62. The van der Waals surface area contributed by atoms with Crippen molar-refractivity contribution in [2.24, 2.45) is 5.92 Å². The number of carbonyl (C=O) groups is 2. The minimum Gasteiger partial charge on any atom is -0.467 e. The molecule has 1 aliphatic heterocycles. The molecule has 156 valence electrons. The van der Waals surface area contributed by atoms with E-state index in [1.165, 1.54) is 0 Å². The van der Waals surface area contributed by atoms with Crippen molar-refractivity contribution in [1.29, 1.82) is 0 Å².